The molecule has 5 aromatic carbocycles. The Morgan fingerprint density at radius 2 is 1.16 bits per heavy atom. The van der Waals surface area contributed by atoms with E-state index in [1.165, 1.54) is 0 Å². The fourth-order valence-electron chi connectivity index (χ4n) is 6.95. The van der Waals surface area contributed by atoms with Crippen molar-refractivity contribution in [1.29, 1.82) is 0 Å². The molecule has 6 nitrogen and oxygen atoms in total. The zero-order valence-electron chi connectivity index (χ0n) is 22.3. The Hall–Kier alpha value is -4.74. The van der Waals surface area contributed by atoms with Crippen molar-refractivity contribution in [2.75, 3.05) is 0 Å². The number of hydrogen-bond donors (Lipinski definition) is 2. The summed E-state index contributed by atoms with van der Waals surface area (Å²) in [7, 11) is -5.71. The van der Waals surface area contributed by atoms with Crippen LogP contribution in [0.25, 0.3) is 10.8 Å². The van der Waals surface area contributed by atoms with Crippen LogP contribution in [0, 0.1) is 29.2 Å². The standard InChI is InChI=1S/C33H20F4O6S/c34-26-28(36)32(44(40,41)42)29(37)27(35)31(26)43-33(39)25-23-19-11-5-3-9-17(19)22(18-10-4-6-12-20(18)23)24(25)21-14-13-15-7-1-2-8-16(15)30(21)38/h1-14,22-25,38H,(H,40,41,42). The number of phenols is 1. The van der Waals surface area contributed by atoms with E-state index in [2.05, 4.69) is 0 Å². The Morgan fingerprint density at radius 1 is 0.659 bits per heavy atom. The molecule has 2 N–H and O–H groups in total. The maximum Gasteiger partial charge on any atom is 0.316 e. The Labute approximate surface area is 247 Å². The molecule has 0 amide bonds. The number of esters is 1. The van der Waals surface area contributed by atoms with Gasteiger partial charge in [0.25, 0.3) is 0 Å². The molecule has 2 atom stereocenters. The molecule has 0 radical (unpaired) electrons. The van der Waals surface area contributed by atoms with Crippen LogP contribution >= 0.6 is 0 Å². The molecule has 11 heteroatoms. The molecule has 3 aliphatic rings. The van der Waals surface area contributed by atoms with Gasteiger partial charge in [-0.25, -0.2) is 8.78 Å². The number of fused-ring (bicyclic) bond motifs is 2. The van der Waals surface area contributed by atoms with Gasteiger partial charge in [-0.3, -0.25) is 9.35 Å². The van der Waals surface area contributed by atoms with Crippen LogP contribution in [0.5, 0.6) is 11.5 Å². The van der Waals surface area contributed by atoms with Crippen molar-refractivity contribution in [2.45, 2.75) is 22.6 Å². The van der Waals surface area contributed by atoms with Gasteiger partial charge in [-0.2, -0.15) is 17.2 Å². The average Bonchev–Trinajstić information content (AvgIpc) is 3.01. The molecule has 222 valence electrons. The van der Waals surface area contributed by atoms with E-state index >= 15 is 8.78 Å². The number of hydrogen-bond acceptors (Lipinski definition) is 5. The zero-order chi connectivity index (χ0) is 31.1. The lowest BCUT2D eigenvalue weighted by atomic mass is 9.52. The quantitative estimate of drug-likeness (QED) is 0.0742. The summed E-state index contributed by atoms with van der Waals surface area (Å²) in [5, 5.41) is 12.8. The average molecular weight is 621 g/mol. The second kappa shape index (κ2) is 9.90. The van der Waals surface area contributed by atoms with E-state index in [0.29, 0.717) is 10.9 Å². The van der Waals surface area contributed by atoms with Crippen molar-refractivity contribution < 1.29 is 45.2 Å². The topological polar surface area (TPSA) is 101 Å². The van der Waals surface area contributed by atoms with E-state index in [0.717, 1.165) is 27.6 Å². The third-order valence-corrected chi connectivity index (χ3v) is 9.52. The van der Waals surface area contributed by atoms with E-state index in [1.54, 1.807) is 60.7 Å². The second-order valence-electron chi connectivity index (χ2n) is 10.8. The van der Waals surface area contributed by atoms with Crippen molar-refractivity contribution in [3.05, 3.63) is 136 Å². The van der Waals surface area contributed by atoms with Crippen molar-refractivity contribution >= 4 is 26.9 Å². The summed E-state index contributed by atoms with van der Waals surface area (Å²) in [6.45, 7) is 0. The highest BCUT2D eigenvalue weighted by atomic mass is 32.2. The SMILES string of the molecule is O=C(Oc1c(F)c(F)c(S(=O)(=O)O)c(F)c1F)C1C2c3ccccc3C(c3ccccc32)C1c1ccc2ccccc2c1O. The lowest BCUT2D eigenvalue weighted by Gasteiger charge is -2.50. The molecule has 0 fully saturated rings. The molecular weight excluding hydrogens is 600 g/mol. The first-order valence-electron chi connectivity index (χ1n) is 13.4. The Balaban J connectivity index is 1.45. The summed E-state index contributed by atoms with van der Waals surface area (Å²) >= 11 is 0. The monoisotopic (exact) mass is 620 g/mol. The van der Waals surface area contributed by atoms with Gasteiger partial charge in [0.15, 0.2) is 16.5 Å². The molecule has 44 heavy (non-hydrogen) atoms. The van der Waals surface area contributed by atoms with Crippen LogP contribution in [0.1, 0.15) is 45.6 Å². The van der Waals surface area contributed by atoms with E-state index in [-0.39, 0.29) is 5.75 Å². The molecule has 8 rings (SSSR count). The first-order valence-corrected chi connectivity index (χ1v) is 14.9. The highest BCUT2D eigenvalue weighted by Gasteiger charge is 2.54. The third-order valence-electron chi connectivity index (χ3n) is 8.64. The lowest BCUT2D eigenvalue weighted by molar-refractivity contribution is -0.141. The molecule has 0 spiro atoms. The first-order chi connectivity index (χ1) is 21.0. The Morgan fingerprint density at radius 3 is 1.70 bits per heavy atom. The molecule has 0 heterocycles. The maximum atomic E-state index is 15.0. The number of benzene rings is 5. The summed E-state index contributed by atoms with van der Waals surface area (Å²) in [5.41, 5.74) is 3.55. The smallest absolute Gasteiger partial charge is 0.316 e. The molecule has 0 aromatic heterocycles. The number of rotatable bonds is 4. The summed E-state index contributed by atoms with van der Waals surface area (Å²) in [6.07, 6.45) is 0. The predicted molar refractivity (Wildman–Crippen MR) is 150 cm³/mol. The van der Waals surface area contributed by atoms with E-state index < -0.39 is 73.7 Å². The molecule has 5 aromatic rings. The minimum atomic E-state index is -5.71. The van der Waals surface area contributed by atoms with E-state index in [4.69, 9.17) is 9.29 Å². The summed E-state index contributed by atoms with van der Waals surface area (Å²) in [5.74, 6) is -16.1. The Kier molecular flexibility index (Phi) is 6.31. The highest BCUT2D eigenvalue weighted by Crippen LogP contribution is 2.63. The van der Waals surface area contributed by atoms with Gasteiger partial charge in [0.05, 0.1) is 5.92 Å². The number of aromatic hydroxyl groups is 1. The summed E-state index contributed by atoms with van der Waals surface area (Å²) in [4.78, 5) is 11.9. The minimum absolute atomic E-state index is 0.111. The lowest BCUT2D eigenvalue weighted by Crippen LogP contribution is -2.44. The van der Waals surface area contributed by atoms with Crippen LogP contribution in [0.15, 0.2) is 89.8 Å². The van der Waals surface area contributed by atoms with Gasteiger partial charge in [-0.1, -0.05) is 84.9 Å². The predicted octanol–water partition coefficient (Wildman–Crippen LogP) is 6.94. The van der Waals surface area contributed by atoms with Gasteiger partial charge in [-0.15, -0.1) is 0 Å². The van der Waals surface area contributed by atoms with Crippen LogP contribution in [-0.2, 0) is 14.9 Å². The van der Waals surface area contributed by atoms with Crippen molar-refractivity contribution in [3.63, 3.8) is 0 Å². The molecule has 3 aliphatic carbocycles. The summed E-state index contributed by atoms with van der Waals surface area (Å²) in [6, 6.07) is 25.1. The fraction of sp³-hybridized carbons (Fsp3) is 0.121. The second-order valence-corrected chi connectivity index (χ2v) is 12.2. The molecule has 2 unspecified atom stereocenters. The number of carbonyl (C=O) groups is 1. The van der Waals surface area contributed by atoms with Gasteiger partial charge in [0.2, 0.25) is 17.4 Å². The number of phenolic OH excluding ortho intramolecular Hbond substituents is 1. The van der Waals surface area contributed by atoms with E-state index in [9.17, 15) is 27.1 Å². The van der Waals surface area contributed by atoms with Gasteiger partial charge in [0.1, 0.15) is 5.75 Å². The van der Waals surface area contributed by atoms with Crippen molar-refractivity contribution in [3.8, 4) is 11.5 Å². The van der Waals surface area contributed by atoms with Gasteiger partial charge in [-0.05, 0) is 33.2 Å². The fourth-order valence-corrected chi connectivity index (χ4v) is 7.58. The molecular formula is C33H20F4O6S. The summed E-state index contributed by atoms with van der Waals surface area (Å²) < 4.78 is 96.3. The van der Waals surface area contributed by atoms with Crippen LogP contribution in [-0.4, -0.2) is 24.0 Å². The third kappa shape index (κ3) is 3.96. The van der Waals surface area contributed by atoms with Gasteiger partial charge < -0.3 is 9.84 Å². The van der Waals surface area contributed by atoms with Crippen LogP contribution in [0.3, 0.4) is 0 Å². The van der Waals surface area contributed by atoms with Gasteiger partial charge >= 0.3 is 16.1 Å². The molecule has 0 saturated carbocycles. The number of ether oxygens (including phenoxy) is 1. The minimum Gasteiger partial charge on any atom is -0.507 e. The first kappa shape index (κ1) is 28.1. The number of carbonyl (C=O) groups excluding carboxylic acids is 1. The van der Waals surface area contributed by atoms with E-state index in [1.807, 2.05) is 24.3 Å². The van der Waals surface area contributed by atoms with Crippen LogP contribution in [0.4, 0.5) is 17.6 Å². The highest BCUT2D eigenvalue weighted by molar-refractivity contribution is 7.85. The van der Waals surface area contributed by atoms with Crippen molar-refractivity contribution in [2.24, 2.45) is 5.92 Å². The largest absolute Gasteiger partial charge is 0.507 e. The molecule has 0 aliphatic heterocycles. The van der Waals surface area contributed by atoms with Crippen LogP contribution in [0.2, 0.25) is 0 Å². The van der Waals surface area contributed by atoms with Crippen molar-refractivity contribution in [1.82, 2.24) is 0 Å². The normalized spacial score (nSPS) is 20.3. The molecule has 0 saturated heterocycles. The Bertz CT molecular complexity index is 2070. The van der Waals surface area contributed by atoms with Crippen LogP contribution < -0.4 is 4.74 Å². The van der Waals surface area contributed by atoms with Gasteiger partial charge in [0, 0.05) is 23.1 Å². The maximum absolute atomic E-state index is 15.0. The zero-order valence-corrected chi connectivity index (χ0v) is 23.2. The molecule has 2 bridgehead atoms. The number of halogens is 4.